The van der Waals surface area contributed by atoms with Crippen LogP contribution in [0.2, 0.25) is 0 Å². The lowest BCUT2D eigenvalue weighted by Crippen LogP contribution is -2.39. The summed E-state index contributed by atoms with van der Waals surface area (Å²) >= 11 is 0. The van der Waals surface area contributed by atoms with Crippen LogP contribution in [0.4, 0.5) is 5.69 Å². The number of hydrogen-bond donors (Lipinski definition) is 0. The average Bonchev–Trinajstić information content (AvgIpc) is 2.93. The third kappa shape index (κ3) is 3.71. The van der Waals surface area contributed by atoms with Crippen LogP contribution < -0.4 is 4.90 Å². The lowest BCUT2D eigenvalue weighted by Gasteiger charge is -2.31. The highest BCUT2D eigenvalue weighted by Gasteiger charge is 2.31. The number of carbonyl (C=O) groups is 1. The minimum atomic E-state index is -2.94. The van der Waals surface area contributed by atoms with Crippen LogP contribution in [-0.4, -0.2) is 61.9 Å². The number of hydrogen-bond acceptors (Lipinski definition) is 5. The van der Waals surface area contributed by atoms with E-state index in [4.69, 9.17) is 0 Å². The topological polar surface area (TPSA) is 70.6 Å². The molecule has 0 bridgehead atoms. The summed E-state index contributed by atoms with van der Waals surface area (Å²) in [6.07, 6.45) is 6.13. The molecule has 7 heteroatoms. The van der Waals surface area contributed by atoms with Crippen molar-refractivity contribution in [2.24, 2.45) is 5.92 Å². The molecule has 6 nitrogen and oxygen atoms in total. The van der Waals surface area contributed by atoms with E-state index in [1.807, 2.05) is 22.9 Å². The molecular weight excluding hydrogens is 326 g/mol. The fraction of sp³-hybridized carbons (Fsp3) is 0.647. The van der Waals surface area contributed by atoms with E-state index in [9.17, 15) is 13.2 Å². The van der Waals surface area contributed by atoms with Crippen molar-refractivity contribution in [1.82, 2.24) is 9.88 Å². The van der Waals surface area contributed by atoms with E-state index in [1.54, 1.807) is 12.4 Å². The van der Waals surface area contributed by atoms with Crippen molar-refractivity contribution >= 4 is 21.4 Å². The highest BCUT2D eigenvalue weighted by atomic mass is 32.2. The minimum absolute atomic E-state index is 0.0170. The van der Waals surface area contributed by atoms with Gasteiger partial charge in [0.25, 0.3) is 5.91 Å². The summed E-state index contributed by atoms with van der Waals surface area (Å²) in [5.41, 5.74) is 1.38. The molecule has 2 aliphatic heterocycles. The first-order chi connectivity index (χ1) is 11.4. The normalized spacial score (nSPS) is 26.3. The second kappa shape index (κ2) is 6.70. The van der Waals surface area contributed by atoms with Gasteiger partial charge < -0.3 is 9.80 Å². The largest absolute Gasteiger partial charge is 0.369 e. The van der Waals surface area contributed by atoms with E-state index in [0.717, 1.165) is 25.2 Å². The molecule has 1 aromatic rings. The maximum atomic E-state index is 12.7. The molecule has 2 unspecified atom stereocenters. The monoisotopic (exact) mass is 351 g/mol. The Morgan fingerprint density at radius 1 is 1.33 bits per heavy atom. The van der Waals surface area contributed by atoms with Gasteiger partial charge in [-0.15, -0.1) is 0 Å². The molecule has 24 heavy (non-hydrogen) atoms. The van der Waals surface area contributed by atoms with E-state index in [2.05, 4.69) is 11.9 Å². The van der Waals surface area contributed by atoms with Gasteiger partial charge in [0.1, 0.15) is 0 Å². The molecule has 2 aliphatic rings. The molecule has 2 saturated heterocycles. The molecule has 0 saturated carbocycles. The maximum absolute atomic E-state index is 12.7. The lowest BCUT2D eigenvalue weighted by atomic mass is 9.99. The molecule has 2 fully saturated rings. The zero-order valence-corrected chi connectivity index (χ0v) is 15.1. The number of piperidine rings is 1. The van der Waals surface area contributed by atoms with E-state index in [-0.39, 0.29) is 23.5 Å². The quantitative estimate of drug-likeness (QED) is 0.827. The van der Waals surface area contributed by atoms with Crippen molar-refractivity contribution in [2.75, 3.05) is 36.5 Å². The van der Waals surface area contributed by atoms with Gasteiger partial charge in [0.05, 0.1) is 29.0 Å². The van der Waals surface area contributed by atoms with Crippen LogP contribution in [0.1, 0.15) is 36.5 Å². The summed E-state index contributed by atoms with van der Waals surface area (Å²) in [5.74, 6) is 0.957. The highest BCUT2D eigenvalue weighted by molar-refractivity contribution is 7.91. The highest BCUT2D eigenvalue weighted by Crippen LogP contribution is 2.24. The average molecular weight is 351 g/mol. The smallest absolute Gasteiger partial charge is 0.255 e. The number of aromatic nitrogens is 1. The molecule has 0 spiro atoms. The van der Waals surface area contributed by atoms with Crippen LogP contribution in [0.25, 0.3) is 0 Å². The molecule has 1 aromatic heterocycles. The third-order valence-electron chi connectivity index (χ3n) is 5.08. The van der Waals surface area contributed by atoms with Gasteiger partial charge >= 0.3 is 0 Å². The van der Waals surface area contributed by atoms with Crippen molar-refractivity contribution in [3.63, 3.8) is 0 Å². The van der Waals surface area contributed by atoms with Crippen molar-refractivity contribution in [3.8, 4) is 0 Å². The summed E-state index contributed by atoms with van der Waals surface area (Å²) in [6, 6.07) is 1.79. The van der Waals surface area contributed by atoms with E-state index < -0.39 is 9.84 Å². The molecule has 3 rings (SSSR count). The Bertz CT molecular complexity index is 720. The van der Waals surface area contributed by atoms with Crippen LogP contribution in [0, 0.1) is 5.92 Å². The predicted molar refractivity (Wildman–Crippen MR) is 94.0 cm³/mol. The van der Waals surface area contributed by atoms with Crippen molar-refractivity contribution in [3.05, 3.63) is 24.0 Å². The molecular formula is C17H25N3O3S. The summed E-state index contributed by atoms with van der Waals surface area (Å²) in [4.78, 5) is 20.8. The fourth-order valence-corrected chi connectivity index (χ4v) is 5.36. The van der Waals surface area contributed by atoms with Crippen molar-refractivity contribution in [2.45, 2.75) is 32.2 Å². The number of sulfone groups is 1. The Labute approximate surface area is 143 Å². The van der Waals surface area contributed by atoms with E-state index in [1.165, 1.54) is 6.42 Å². The molecule has 0 aromatic carbocycles. The molecule has 2 atom stereocenters. The Morgan fingerprint density at radius 3 is 2.79 bits per heavy atom. The van der Waals surface area contributed by atoms with E-state index in [0.29, 0.717) is 17.9 Å². The Hall–Kier alpha value is -1.63. The van der Waals surface area contributed by atoms with E-state index >= 15 is 0 Å². The van der Waals surface area contributed by atoms with Crippen LogP contribution in [0.3, 0.4) is 0 Å². The van der Waals surface area contributed by atoms with Crippen LogP contribution in [0.5, 0.6) is 0 Å². The molecule has 3 heterocycles. The van der Waals surface area contributed by atoms with Gasteiger partial charge in [-0.2, -0.15) is 0 Å². The number of pyridine rings is 1. The zero-order chi connectivity index (χ0) is 17.3. The molecule has 1 amide bonds. The van der Waals surface area contributed by atoms with Crippen LogP contribution >= 0.6 is 0 Å². The Morgan fingerprint density at radius 2 is 2.12 bits per heavy atom. The molecule has 0 radical (unpaired) electrons. The van der Waals surface area contributed by atoms with Gasteiger partial charge in [0.15, 0.2) is 9.84 Å². The maximum Gasteiger partial charge on any atom is 0.255 e. The lowest BCUT2D eigenvalue weighted by molar-refractivity contribution is 0.0682. The summed E-state index contributed by atoms with van der Waals surface area (Å²) in [6.45, 7) is 3.76. The van der Waals surface area contributed by atoms with Crippen LogP contribution in [0.15, 0.2) is 18.5 Å². The first kappa shape index (κ1) is 17.2. The second-order valence-electron chi connectivity index (χ2n) is 7.10. The molecule has 0 aliphatic carbocycles. The summed E-state index contributed by atoms with van der Waals surface area (Å²) in [7, 11) is -1.06. The van der Waals surface area contributed by atoms with Gasteiger partial charge in [-0.25, -0.2) is 8.42 Å². The first-order valence-corrected chi connectivity index (χ1v) is 10.4. The Kier molecular flexibility index (Phi) is 4.80. The number of rotatable bonds is 3. The first-order valence-electron chi connectivity index (χ1n) is 8.53. The minimum Gasteiger partial charge on any atom is -0.369 e. The molecule has 132 valence electrons. The van der Waals surface area contributed by atoms with Gasteiger partial charge in [-0.05, 0) is 31.2 Å². The number of anilines is 1. The number of likely N-dealkylation sites (tertiary alicyclic amines) is 1. The summed E-state index contributed by atoms with van der Waals surface area (Å²) in [5, 5.41) is 0. The van der Waals surface area contributed by atoms with Gasteiger partial charge in [-0.3, -0.25) is 9.78 Å². The predicted octanol–water partition coefficient (Wildman–Crippen LogP) is 1.58. The van der Waals surface area contributed by atoms with Gasteiger partial charge in [0.2, 0.25) is 0 Å². The van der Waals surface area contributed by atoms with Crippen molar-refractivity contribution in [1.29, 1.82) is 0 Å². The molecule has 0 N–H and O–H groups in total. The standard InChI is InChI=1S/C17H25N3O3S/c1-13-4-3-6-20(11-13)17(21)14-8-16(10-18-9-14)19(2)15-5-7-24(22,23)12-15/h8-10,13,15H,3-7,11-12H2,1-2H3. The SMILES string of the molecule is CC1CCCN(C(=O)c2cncc(N(C)C3CCS(=O)(=O)C3)c2)C1. The van der Waals surface area contributed by atoms with Crippen LogP contribution in [-0.2, 0) is 9.84 Å². The Balaban J connectivity index is 1.75. The second-order valence-corrected chi connectivity index (χ2v) is 9.33. The number of nitrogens with zero attached hydrogens (tertiary/aromatic N) is 3. The summed E-state index contributed by atoms with van der Waals surface area (Å²) < 4.78 is 23.4. The zero-order valence-electron chi connectivity index (χ0n) is 14.3. The van der Waals surface area contributed by atoms with Gasteiger partial charge in [0, 0.05) is 32.4 Å². The fourth-order valence-electron chi connectivity index (χ4n) is 3.59. The third-order valence-corrected chi connectivity index (χ3v) is 6.83. The van der Waals surface area contributed by atoms with Crippen molar-refractivity contribution < 1.29 is 13.2 Å². The number of amides is 1. The number of carbonyl (C=O) groups excluding carboxylic acids is 1. The van der Waals surface area contributed by atoms with Gasteiger partial charge in [-0.1, -0.05) is 6.92 Å².